The van der Waals surface area contributed by atoms with Crippen LogP contribution in [0.5, 0.6) is 0 Å². The maximum Gasteiger partial charge on any atom is 0.265 e. The molecular weight excluding hydrogens is 296 g/mol. The van der Waals surface area contributed by atoms with Crippen LogP contribution in [0.3, 0.4) is 0 Å². The van der Waals surface area contributed by atoms with Gasteiger partial charge in [0.15, 0.2) is 0 Å². The van der Waals surface area contributed by atoms with Crippen molar-refractivity contribution in [3.8, 4) is 6.07 Å². The molecule has 2 aromatic rings. The van der Waals surface area contributed by atoms with E-state index in [2.05, 4.69) is 0 Å². The van der Waals surface area contributed by atoms with Crippen LogP contribution in [0.4, 0.5) is 5.69 Å². The fraction of sp³-hybridized carbons (Fsp3) is 0.0714. The van der Waals surface area contributed by atoms with Crippen LogP contribution in [0.15, 0.2) is 53.4 Å². The number of hydrogen-bond donors (Lipinski definition) is 0. The SMILES string of the molecule is CN(c1ccccc1)S(=O)(=O)c1ccc(C#N)cc1Cl. The largest absolute Gasteiger partial charge is 0.269 e. The summed E-state index contributed by atoms with van der Waals surface area (Å²) in [5.41, 5.74) is 0.851. The molecule has 0 N–H and O–H groups in total. The number of rotatable bonds is 3. The predicted octanol–water partition coefficient (Wildman–Crippen LogP) is 3.04. The molecule has 0 saturated heterocycles. The van der Waals surface area contributed by atoms with Crippen LogP contribution in [-0.4, -0.2) is 15.5 Å². The number of para-hydroxylation sites is 1. The third-order valence-electron chi connectivity index (χ3n) is 2.82. The number of anilines is 1. The van der Waals surface area contributed by atoms with E-state index in [9.17, 15) is 8.42 Å². The summed E-state index contributed by atoms with van der Waals surface area (Å²) >= 11 is 5.97. The molecule has 6 heteroatoms. The van der Waals surface area contributed by atoms with E-state index < -0.39 is 10.0 Å². The standard InChI is InChI=1S/C14H11ClN2O2S/c1-17(12-5-3-2-4-6-12)20(18,19)14-8-7-11(10-16)9-13(14)15/h2-9H,1H3. The van der Waals surface area contributed by atoms with Crippen LogP contribution in [-0.2, 0) is 10.0 Å². The van der Waals surface area contributed by atoms with Gasteiger partial charge < -0.3 is 0 Å². The maximum absolute atomic E-state index is 12.5. The average molecular weight is 307 g/mol. The van der Waals surface area contributed by atoms with Crippen LogP contribution in [0.2, 0.25) is 5.02 Å². The van der Waals surface area contributed by atoms with Crippen molar-refractivity contribution < 1.29 is 8.42 Å². The lowest BCUT2D eigenvalue weighted by atomic mass is 10.2. The van der Waals surface area contributed by atoms with Gasteiger partial charge in [-0.25, -0.2) is 8.42 Å². The fourth-order valence-corrected chi connectivity index (χ4v) is 3.42. The first-order valence-electron chi connectivity index (χ1n) is 5.70. The minimum absolute atomic E-state index is 0.0236. The molecule has 0 fully saturated rings. The number of nitriles is 1. The molecule has 4 nitrogen and oxygen atoms in total. The summed E-state index contributed by atoms with van der Waals surface area (Å²) in [4.78, 5) is -0.0236. The van der Waals surface area contributed by atoms with Crippen LogP contribution in [0.25, 0.3) is 0 Å². The zero-order valence-corrected chi connectivity index (χ0v) is 12.2. The number of sulfonamides is 1. The molecule has 0 aliphatic carbocycles. The molecule has 0 spiro atoms. The van der Waals surface area contributed by atoms with Crippen molar-refractivity contribution in [2.24, 2.45) is 0 Å². The van der Waals surface area contributed by atoms with Gasteiger partial charge in [0.1, 0.15) is 4.90 Å². The Labute approximate surface area is 122 Å². The smallest absolute Gasteiger partial charge is 0.265 e. The molecule has 0 aliphatic heterocycles. The first-order valence-corrected chi connectivity index (χ1v) is 7.52. The molecule has 0 amide bonds. The van der Waals surface area contributed by atoms with Gasteiger partial charge in [-0.2, -0.15) is 5.26 Å². The highest BCUT2D eigenvalue weighted by Crippen LogP contribution is 2.27. The molecule has 0 radical (unpaired) electrons. The van der Waals surface area contributed by atoms with E-state index in [0.29, 0.717) is 11.3 Å². The van der Waals surface area contributed by atoms with Crippen LogP contribution >= 0.6 is 11.6 Å². The Morgan fingerprint density at radius 3 is 2.35 bits per heavy atom. The van der Waals surface area contributed by atoms with E-state index in [0.717, 1.165) is 4.31 Å². The second kappa shape index (κ2) is 5.53. The molecule has 0 atom stereocenters. The summed E-state index contributed by atoms with van der Waals surface area (Å²) in [5.74, 6) is 0. The van der Waals surface area contributed by atoms with E-state index in [-0.39, 0.29) is 9.92 Å². The van der Waals surface area contributed by atoms with Gasteiger partial charge in [-0.1, -0.05) is 29.8 Å². The van der Waals surface area contributed by atoms with Gasteiger partial charge in [0.25, 0.3) is 10.0 Å². The van der Waals surface area contributed by atoms with Gasteiger partial charge >= 0.3 is 0 Å². The monoisotopic (exact) mass is 306 g/mol. The molecule has 0 bridgehead atoms. The Kier molecular flexibility index (Phi) is 3.98. The second-order valence-corrected chi connectivity index (χ2v) is 6.41. The lowest BCUT2D eigenvalue weighted by Crippen LogP contribution is -2.26. The molecule has 2 rings (SSSR count). The van der Waals surface area contributed by atoms with Gasteiger partial charge in [-0.3, -0.25) is 4.31 Å². The van der Waals surface area contributed by atoms with E-state index in [1.54, 1.807) is 30.3 Å². The first-order chi connectivity index (χ1) is 9.46. The summed E-state index contributed by atoms with van der Waals surface area (Å²) in [6, 6.07) is 14.7. The van der Waals surface area contributed by atoms with E-state index in [1.165, 1.54) is 25.2 Å². The minimum Gasteiger partial charge on any atom is -0.269 e. The lowest BCUT2D eigenvalue weighted by molar-refractivity contribution is 0.594. The summed E-state index contributed by atoms with van der Waals surface area (Å²) in [6.45, 7) is 0. The second-order valence-electron chi connectivity index (χ2n) is 4.07. The lowest BCUT2D eigenvalue weighted by Gasteiger charge is -2.20. The van der Waals surface area contributed by atoms with Crippen LogP contribution < -0.4 is 4.31 Å². The van der Waals surface area contributed by atoms with Crippen LogP contribution in [0.1, 0.15) is 5.56 Å². The highest BCUT2D eigenvalue weighted by Gasteiger charge is 2.24. The van der Waals surface area contributed by atoms with Crippen molar-refractivity contribution in [1.82, 2.24) is 0 Å². The highest BCUT2D eigenvalue weighted by atomic mass is 35.5. The molecule has 0 saturated carbocycles. The molecule has 2 aromatic carbocycles. The summed E-state index contributed by atoms with van der Waals surface area (Å²) in [6.07, 6.45) is 0. The summed E-state index contributed by atoms with van der Waals surface area (Å²) in [7, 11) is -2.30. The topological polar surface area (TPSA) is 61.2 Å². The van der Waals surface area contributed by atoms with Gasteiger partial charge in [0.2, 0.25) is 0 Å². The quantitative estimate of drug-likeness (QED) is 0.875. The zero-order valence-electron chi connectivity index (χ0n) is 10.6. The number of halogens is 1. The third kappa shape index (κ3) is 2.62. The van der Waals surface area contributed by atoms with Crippen molar-refractivity contribution >= 4 is 27.3 Å². The molecule has 0 heterocycles. The fourth-order valence-electron chi connectivity index (χ4n) is 1.70. The first kappa shape index (κ1) is 14.4. The Hall–Kier alpha value is -2.03. The third-order valence-corrected chi connectivity index (χ3v) is 5.09. The molecule has 0 aromatic heterocycles. The maximum atomic E-state index is 12.5. The van der Waals surface area contributed by atoms with Crippen molar-refractivity contribution in [3.05, 3.63) is 59.1 Å². The van der Waals surface area contributed by atoms with E-state index in [1.807, 2.05) is 6.07 Å². The van der Waals surface area contributed by atoms with E-state index in [4.69, 9.17) is 16.9 Å². The zero-order chi connectivity index (χ0) is 14.8. The molecular formula is C14H11ClN2O2S. The Bertz CT molecular complexity index is 768. The Morgan fingerprint density at radius 1 is 1.15 bits per heavy atom. The van der Waals surface area contributed by atoms with Crippen molar-refractivity contribution in [1.29, 1.82) is 5.26 Å². The molecule has 0 aliphatic rings. The number of hydrogen-bond acceptors (Lipinski definition) is 3. The van der Waals surface area contributed by atoms with Crippen molar-refractivity contribution in [2.45, 2.75) is 4.90 Å². The average Bonchev–Trinajstić information content (AvgIpc) is 2.46. The predicted molar refractivity (Wildman–Crippen MR) is 78.2 cm³/mol. The van der Waals surface area contributed by atoms with Gasteiger partial charge in [-0.05, 0) is 30.3 Å². The Morgan fingerprint density at radius 2 is 1.80 bits per heavy atom. The summed E-state index contributed by atoms with van der Waals surface area (Å²) < 4.78 is 26.2. The number of benzene rings is 2. The molecule has 20 heavy (non-hydrogen) atoms. The van der Waals surface area contributed by atoms with Gasteiger partial charge in [0.05, 0.1) is 22.3 Å². The Balaban J connectivity index is 2.49. The molecule has 102 valence electrons. The molecule has 0 unspecified atom stereocenters. The van der Waals surface area contributed by atoms with E-state index >= 15 is 0 Å². The number of nitrogens with zero attached hydrogens (tertiary/aromatic N) is 2. The van der Waals surface area contributed by atoms with Gasteiger partial charge in [0, 0.05) is 7.05 Å². The highest BCUT2D eigenvalue weighted by molar-refractivity contribution is 7.93. The summed E-state index contributed by atoms with van der Waals surface area (Å²) in [5, 5.41) is 8.81. The normalized spacial score (nSPS) is 10.8. The van der Waals surface area contributed by atoms with Gasteiger partial charge in [-0.15, -0.1) is 0 Å². The van der Waals surface area contributed by atoms with Crippen molar-refractivity contribution in [3.63, 3.8) is 0 Å². The minimum atomic E-state index is -3.76. The van der Waals surface area contributed by atoms with Crippen LogP contribution in [0, 0.1) is 11.3 Å². The van der Waals surface area contributed by atoms with Crippen molar-refractivity contribution in [2.75, 3.05) is 11.4 Å².